The molecule has 10 heteroatoms. The third-order valence-corrected chi connectivity index (χ3v) is 4.99. The minimum Gasteiger partial charge on any atom is -0.370 e. The quantitative estimate of drug-likeness (QED) is 0.315. The van der Waals surface area contributed by atoms with E-state index >= 15 is 0 Å². The lowest BCUT2D eigenvalue weighted by molar-refractivity contribution is -0.137. The number of ether oxygens (including phenoxy) is 1. The highest BCUT2D eigenvalue weighted by molar-refractivity contribution is 14.0. The van der Waals surface area contributed by atoms with Crippen LogP contribution in [0.15, 0.2) is 29.3 Å². The molecule has 0 saturated carbocycles. The van der Waals surface area contributed by atoms with Crippen molar-refractivity contribution in [1.82, 2.24) is 15.1 Å². The normalized spacial score (nSPS) is 17.2. The zero-order chi connectivity index (χ0) is 22.1. The Balaban J connectivity index is 0.00000480. The number of benzene rings is 1. The van der Waals surface area contributed by atoms with E-state index in [0.717, 1.165) is 12.1 Å². The van der Waals surface area contributed by atoms with E-state index in [1.165, 1.54) is 6.07 Å². The van der Waals surface area contributed by atoms with Gasteiger partial charge < -0.3 is 19.9 Å². The lowest BCUT2D eigenvalue weighted by Crippen LogP contribution is -2.48. The number of morpholine rings is 1. The Bertz CT molecular complexity index is 727. The Labute approximate surface area is 199 Å². The number of halogens is 4. The summed E-state index contributed by atoms with van der Waals surface area (Å²) in [5.41, 5.74) is -0.196. The summed E-state index contributed by atoms with van der Waals surface area (Å²) in [7, 11) is 0. The van der Waals surface area contributed by atoms with E-state index in [4.69, 9.17) is 4.74 Å². The summed E-state index contributed by atoms with van der Waals surface area (Å²) in [6.45, 7) is 9.50. The summed E-state index contributed by atoms with van der Waals surface area (Å²) in [6.07, 6.45) is -4.56. The highest BCUT2D eigenvalue weighted by Gasteiger charge is 2.32. The second-order valence-electron chi connectivity index (χ2n) is 6.98. The minimum absolute atomic E-state index is 0. The van der Waals surface area contributed by atoms with Crippen molar-refractivity contribution in [1.29, 1.82) is 0 Å². The van der Waals surface area contributed by atoms with Gasteiger partial charge in [0.25, 0.3) is 0 Å². The van der Waals surface area contributed by atoms with Gasteiger partial charge in [0.1, 0.15) is 6.10 Å². The molecule has 2 rings (SSSR count). The average molecular weight is 556 g/mol. The summed E-state index contributed by atoms with van der Waals surface area (Å²) in [5, 5.41) is 3.21. The topological polar surface area (TPSA) is 57.2 Å². The highest BCUT2D eigenvalue weighted by Crippen LogP contribution is 2.32. The SMILES string of the molecule is CCNC(=NCCC(=O)N(CC)CC)N1CCOC(c2cccc(C(F)(F)F)c2)C1.I. The van der Waals surface area contributed by atoms with E-state index in [-0.39, 0.29) is 29.9 Å². The maximum Gasteiger partial charge on any atom is 0.416 e. The van der Waals surface area contributed by atoms with Crippen LogP contribution in [0.25, 0.3) is 0 Å². The molecular weight excluding hydrogens is 524 g/mol. The molecule has 31 heavy (non-hydrogen) atoms. The maximum absolute atomic E-state index is 13.0. The van der Waals surface area contributed by atoms with Crippen molar-refractivity contribution in [3.05, 3.63) is 35.4 Å². The van der Waals surface area contributed by atoms with Crippen LogP contribution in [-0.2, 0) is 15.7 Å². The molecule has 1 aromatic carbocycles. The fourth-order valence-corrected chi connectivity index (χ4v) is 3.38. The lowest BCUT2D eigenvalue weighted by Gasteiger charge is -2.35. The number of amides is 1. The molecule has 1 saturated heterocycles. The maximum atomic E-state index is 13.0. The monoisotopic (exact) mass is 556 g/mol. The smallest absolute Gasteiger partial charge is 0.370 e. The number of carbonyl (C=O) groups excluding carboxylic acids is 1. The van der Waals surface area contributed by atoms with Gasteiger partial charge in [-0.3, -0.25) is 9.79 Å². The zero-order valence-corrected chi connectivity index (χ0v) is 20.6. The number of alkyl halides is 3. The predicted molar refractivity (Wildman–Crippen MR) is 126 cm³/mol. The van der Waals surface area contributed by atoms with Gasteiger partial charge in [-0.15, -0.1) is 24.0 Å². The summed E-state index contributed by atoms with van der Waals surface area (Å²) in [5.74, 6) is 0.702. The van der Waals surface area contributed by atoms with Crippen LogP contribution in [0.3, 0.4) is 0 Å². The predicted octanol–water partition coefficient (Wildman–Crippen LogP) is 3.92. The van der Waals surface area contributed by atoms with Crippen molar-refractivity contribution < 1.29 is 22.7 Å². The van der Waals surface area contributed by atoms with Crippen LogP contribution in [-0.4, -0.2) is 67.5 Å². The Kier molecular flexibility index (Phi) is 11.6. The summed E-state index contributed by atoms with van der Waals surface area (Å²) in [4.78, 5) is 20.5. The lowest BCUT2D eigenvalue weighted by atomic mass is 10.0. The third-order valence-electron chi connectivity index (χ3n) is 4.99. The van der Waals surface area contributed by atoms with Crippen LogP contribution >= 0.6 is 24.0 Å². The van der Waals surface area contributed by atoms with Gasteiger partial charge in [-0.1, -0.05) is 12.1 Å². The van der Waals surface area contributed by atoms with Crippen molar-refractivity contribution in [3.8, 4) is 0 Å². The van der Waals surface area contributed by atoms with Crippen LogP contribution in [0, 0.1) is 0 Å². The van der Waals surface area contributed by atoms with E-state index in [1.54, 1.807) is 11.0 Å². The third kappa shape index (κ3) is 8.13. The number of carbonyl (C=O) groups is 1. The minimum atomic E-state index is -4.39. The highest BCUT2D eigenvalue weighted by atomic mass is 127. The van der Waals surface area contributed by atoms with Crippen LogP contribution in [0.5, 0.6) is 0 Å². The van der Waals surface area contributed by atoms with E-state index < -0.39 is 17.8 Å². The number of hydrogen-bond donors (Lipinski definition) is 1. The number of hydrogen-bond acceptors (Lipinski definition) is 3. The van der Waals surface area contributed by atoms with Gasteiger partial charge in [-0.05, 0) is 38.5 Å². The zero-order valence-electron chi connectivity index (χ0n) is 18.2. The fourth-order valence-electron chi connectivity index (χ4n) is 3.38. The molecule has 0 aliphatic carbocycles. The Hall–Kier alpha value is -1.56. The summed E-state index contributed by atoms with van der Waals surface area (Å²) >= 11 is 0. The van der Waals surface area contributed by atoms with Crippen molar-refractivity contribution in [2.45, 2.75) is 39.5 Å². The molecule has 6 nitrogen and oxygen atoms in total. The molecule has 1 aliphatic heterocycles. The van der Waals surface area contributed by atoms with Gasteiger partial charge in [0.05, 0.1) is 25.3 Å². The van der Waals surface area contributed by atoms with E-state index in [0.29, 0.717) is 63.8 Å². The number of guanidine groups is 1. The summed E-state index contributed by atoms with van der Waals surface area (Å²) in [6, 6.07) is 5.25. The van der Waals surface area contributed by atoms with Crippen molar-refractivity contribution in [2.24, 2.45) is 4.99 Å². The first-order valence-corrected chi connectivity index (χ1v) is 10.4. The number of nitrogens with zero attached hydrogens (tertiary/aromatic N) is 3. The first-order chi connectivity index (χ1) is 14.3. The Morgan fingerprint density at radius 1 is 1.29 bits per heavy atom. The van der Waals surface area contributed by atoms with Gasteiger partial charge in [-0.25, -0.2) is 0 Å². The molecule has 1 heterocycles. The van der Waals surface area contributed by atoms with E-state index in [9.17, 15) is 18.0 Å². The van der Waals surface area contributed by atoms with Crippen LogP contribution in [0.2, 0.25) is 0 Å². The standard InChI is InChI=1S/C21H31F3N4O2.HI/c1-4-25-20(26-11-10-19(29)27(5-2)6-3)28-12-13-30-18(15-28)16-8-7-9-17(14-16)21(22,23)24;/h7-9,14,18H,4-6,10-13,15H2,1-3H3,(H,25,26);1H. The average Bonchev–Trinajstić information content (AvgIpc) is 2.73. The first kappa shape index (κ1) is 27.5. The van der Waals surface area contributed by atoms with Gasteiger partial charge in [-0.2, -0.15) is 13.2 Å². The molecule has 1 amide bonds. The van der Waals surface area contributed by atoms with Gasteiger partial charge in [0.2, 0.25) is 5.91 Å². The molecule has 1 atom stereocenters. The Morgan fingerprint density at radius 2 is 2.00 bits per heavy atom. The number of nitrogens with one attached hydrogen (secondary N) is 1. The molecule has 0 aromatic heterocycles. The van der Waals surface area contributed by atoms with Crippen molar-refractivity contribution >= 4 is 35.8 Å². The van der Waals surface area contributed by atoms with Crippen molar-refractivity contribution in [2.75, 3.05) is 45.9 Å². The molecule has 1 aliphatic rings. The van der Waals surface area contributed by atoms with Crippen molar-refractivity contribution in [3.63, 3.8) is 0 Å². The van der Waals surface area contributed by atoms with E-state index in [2.05, 4.69) is 10.3 Å². The van der Waals surface area contributed by atoms with E-state index in [1.807, 2.05) is 25.7 Å². The molecule has 176 valence electrons. The second-order valence-corrected chi connectivity index (χ2v) is 6.98. The van der Waals surface area contributed by atoms with Gasteiger partial charge in [0, 0.05) is 32.6 Å². The first-order valence-electron chi connectivity index (χ1n) is 10.4. The second kappa shape index (κ2) is 13.1. The molecule has 1 unspecified atom stereocenters. The van der Waals surface area contributed by atoms with Gasteiger partial charge in [0.15, 0.2) is 5.96 Å². The molecule has 1 N–H and O–H groups in total. The van der Waals surface area contributed by atoms with Crippen LogP contribution in [0.1, 0.15) is 44.4 Å². The van der Waals surface area contributed by atoms with Crippen LogP contribution in [0.4, 0.5) is 13.2 Å². The summed E-state index contributed by atoms with van der Waals surface area (Å²) < 4.78 is 44.9. The molecule has 0 bridgehead atoms. The molecular formula is C21H32F3IN4O2. The molecule has 1 fully saturated rings. The van der Waals surface area contributed by atoms with Crippen LogP contribution < -0.4 is 5.32 Å². The number of aliphatic imine (C=N–C) groups is 1. The Morgan fingerprint density at radius 3 is 2.61 bits per heavy atom. The molecule has 0 radical (unpaired) electrons. The largest absolute Gasteiger partial charge is 0.416 e. The fraction of sp³-hybridized carbons (Fsp3) is 0.619. The molecule has 1 aromatic rings. The van der Waals surface area contributed by atoms with Gasteiger partial charge >= 0.3 is 6.18 Å². The number of rotatable bonds is 7. The molecule has 0 spiro atoms.